The molecule has 0 saturated heterocycles. The van der Waals surface area contributed by atoms with Crippen LogP contribution in [0.2, 0.25) is 0 Å². The molecule has 2 aromatic rings. The molecule has 1 N–H and O–H groups in total. The zero-order chi connectivity index (χ0) is 15.2. The Balaban J connectivity index is 2.22. The molecule has 0 spiro atoms. The highest BCUT2D eigenvalue weighted by Crippen LogP contribution is 2.25. The van der Waals surface area contributed by atoms with Gasteiger partial charge in [0.25, 0.3) is 0 Å². The van der Waals surface area contributed by atoms with E-state index >= 15 is 0 Å². The Morgan fingerprint density at radius 1 is 1.14 bits per heavy atom. The summed E-state index contributed by atoms with van der Waals surface area (Å²) in [4.78, 5) is 0. The van der Waals surface area contributed by atoms with Crippen LogP contribution in [0.5, 0.6) is 0 Å². The van der Waals surface area contributed by atoms with Gasteiger partial charge in [0, 0.05) is 24.3 Å². The molecule has 0 aliphatic heterocycles. The van der Waals surface area contributed by atoms with Crippen LogP contribution in [0.25, 0.3) is 11.1 Å². The van der Waals surface area contributed by atoms with Gasteiger partial charge >= 0.3 is 0 Å². The highest BCUT2D eigenvalue weighted by molar-refractivity contribution is 5.65. The first-order valence-electron chi connectivity index (χ1n) is 8.07. The largest absolute Gasteiger partial charge is 0.310 e. The molecule has 1 unspecified atom stereocenters. The lowest BCUT2D eigenvalue weighted by atomic mass is 10.00. The van der Waals surface area contributed by atoms with Crippen molar-refractivity contribution in [3.8, 4) is 11.1 Å². The number of nitrogens with zero attached hydrogens (tertiary/aromatic N) is 2. The zero-order valence-corrected chi connectivity index (χ0v) is 13.7. The van der Waals surface area contributed by atoms with Crippen LogP contribution in [0.1, 0.15) is 50.9 Å². The molecule has 3 nitrogen and oxygen atoms in total. The Bertz CT molecular complexity index is 554. The number of hydrogen-bond acceptors (Lipinski definition) is 2. The van der Waals surface area contributed by atoms with Gasteiger partial charge < -0.3 is 5.32 Å². The van der Waals surface area contributed by atoms with E-state index in [1.165, 1.54) is 16.7 Å². The van der Waals surface area contributed by atoms with E-state index in [9.17, 15) is 0 Å². The number of aromatic nitrogens is 2. The van der Waals surface area contributed by atoms with Crippen LogP contribution < -0.4 is 5.32 Å². The molecule has 1 atom stereocenters. The Labute approximate surface area is 128 Å². The van der Waals surface area contributed by atoms with E-state index in [1.54, 1.807) is 0 Å². The number of benzene rings is 1. The van der Waals surface area contributed by atoms with Crippen LogP contribution in [0, 0.1) is 6.92 Å². The molecule has 114 valence electrons. The number of nitrogens with one attached hydrogen (secondary N) is 1. The monoisotopic (exact) mass is 285 g/mol. The summed E-state index contributed by atoms with van der Waals surface area (Å²) in [6, 6.07) is 9.37. The summed E-state index contributed by atoms with van der Waals surface area (Å²) < 4.78 is 2.05. The lowest BCUT2D eigenvalue weighted by Crippen LogP contribution is -2.19. The van der Waals surface area contributed by atoms with Crippen molar-refractivity contribution in [2.45, 2.75) is 53.1 Å². The average Bonchev–Trinajstić information content (AvgIpc) is 2.86. The molecular weight excluding hydrogens is 258 g/mol. The predicted molar refractivity (Wildman–Crippen MR) is 89.4 cm³/mol. The van der Waals surface area contributed by atoms with Crippen molar-refractivity contribution in [2.75, 3.05) is 6.54 Å². The van der Waals surface area contributed by atoms with E-state index in [0.29, 0.717) is 6.04 Å². The second-order valence-corrected chi connectivity index (χ2v) is 5.53. The lowest BCUT2D eigenvalue weighted by Gasteiger charge is -2.16. The summed E-state index contributed by atoms with van der Waals surface area (Å²) in [7, 11) is 0. The van der Waals surface area contributed by atoms with Crippen molar-refractivity contribution in [2.24, 2.45) is 0 Å². The summed E-state index contributed by atoms with van der Waals surface area (Å²) in [5.41, 5.74) is 4.97. The smallest absolute Gasteiger partial charge is 0.0672 e. The average molecular weight is 285 g/mol. The SMILES string of the molecule is CCCn1cc(-c2ccc(C(CC)NCC)cc2)c(C)n1. The van der Waals surface area contributed by atoms with Gasteiger partial charge in [0.2, 0.25) is 0 Å². The van der Waals surface area contributed by atoms with E-state index in [-0.39, 0.29) is 0 Å². The maximum atomic E-state index is 4.58. The second-order valence-electron chi connectivity index (χ2n) is 5.53. The molecule has 1 heterocycles. The lowest BCUT2D eigenvalue weighted by molar-refractivity contribution is 0.537. The van der Waals surface area contributed by atoms with E-state index in [4.69, 9.17) is 0 Å². The molecular formula is C18H27N3. The highest BCUT2D eigenvalue weighted by atomic mass is 15.3. The van der Waals surface area contributed by atoms with Crippen LogP contribution in [0.15, 0.2) is 30.5 Å². The van der Waals surface area contributed by atoms with Crippen molar-refractivity contribution in [1.82, 2.24) is 15.1 Å². The fourth-order valence-electron chi connectivity index (χ4n) is 2.78. The first-order valence-corrected chi connectivity index (χ1v) is 8.07. The molecule has 0 radical (unpaired) electrons. The number of aryl methyl sites for hydroxylation is 2. The van der Waals surface area contributed by atoms with Crippen molar-refractivity contribution >= 4 is 0 Å². The van der Waals surface area contributed by atoms with Crippen LogP contribution in [0.3, 0.4) is 0 Å². The molecule has 1 aromatic heterocycles. The van der Waals surface area contributed by atoms with Gasteiger partial charge in [-0.1, -0.05) is 45.0 Å². The molecule has 21 heavy (non-hydrogen) atoms. The summed E-state index contributed by atoms with van der Waals surface area (Å²) in [5.74, 6) is 0. The molecule has 2 rings (SSSR count). The number of hydrogen-bond donors (Lipinski definition) is 1. The summed E-state index contributed by atoms with van der Waals surface area (Å²) in [5, 5.41) is 8.11. The van der Waals surface area contributed by atoms with Crippen molar-refractivity contribution in [3.05, 3.63) is 41.7 Å². The standard InChI is InChI=1S/C18H27N3/c1-5-12-21-13-17(14(4)20-21)15-8-10-16(11-9-15)18(6-2)19-7-3/h8-11,13,18-19H,5-7,12H2,1-4H3. The van der Waals surface area contributed by atoms with E-state index < -0.39 is 0 Å². The van der Waals surface area contributed by atoms with Crippen molar-refractivity contribution in [3.63, 3.8) is 0 Å². The van der Waals surface area contributed by atoms with Crippen molar-refractivity contribution < 1.29 is 0 Å². The predicted octanol–water partition coefficient (Wildman–Crippen LogP) is 4.33. The quantitative estimate of drug-likeness (QED) is 0.820. The fourth-order valence-corrected chi connectivity index (χ4v) is 2.78. The van der Waals surface area contributed by atoms with Gasteiger partial charge in [0.15, 0.2) is 0 Å². The third-order valence-electron chi connectivity index (χ3n) is 3.88. The normalized spacial score (nSPS) is 12.6. The Morgan fingerprint density at radius 2 is 1.86 bits per heavy atom. The summed E-state index contributed by atoms with van der Waals surface area (Å²) in [6.45, 7) is 10.6. The van der Waals surface area contributed by atoms with Gasteiger partial charge in [-0.2, -0.15) is 5.10 Å². The fraction of sp³-hybridized carbons (Fsp3) is 0.500. The highest BCUT2D eigenvalue weighted by Gasteiger charge is 2.10. The summed E-state index contributed by atoms with van der Waals surface area (Å²) in [6.07, 6.45) is 4.39. The third kappa shape index (κ3) is 3.73. The molecule has 0 fully saturated rings. The van der Waals surface area contributed by atoms with Crippen molar-refractivity contribution in [1.29, 1.82) is 0 Å². The van der Waals surface area contributed by atoms with Gasteiger partial charge in [0.1, 0.15) is 0 Å². The van der Waals surface area contributed by atoms with Crippen LogP contribution in [-0.2, 0) is 6.54 Å². The summed E-state index contributed by atoms with van der Waals surface area (Å²) >= 11 is 0. The van der Waals surface area contributed by atoms with Crippen LogP contribution in [0.4, 0.5) is 0 Å². The van der Waals surface area contributed by atoms with Gasteiger partial charge in [-0.05, 0) is 37.4 Å². The van der Waals surface area contributed by atoms with Crippen LogP contribution >= 0.6 is 0 Å². The first kappa shape index (κ1) is 15.8. The minimum Gasteiger partial charge on any atom is -0.310 e. The van der Waals surface area contributed by atoms with Gasteiger partial charge in [-0.25, -0.2) is 0 Å². The topological polar surface area (TPSA) is 29.9 Å². The molecule has 0 saturated carbocycles. The zero-order valence-electron chi connectivity index (χ0n) is 13.7. The molecule has 1 aromatic carbocycles. The van der Waals surface area contributed by atoms with Gasteiger partial charge in [-0.15, -0.1) is 0 Å². The van der Waals surface area contributed by atoms with E-state index in [1.807, 2.05) is 4.68 Å². The minimum absolute atomic E-state index is 0.452. The molecule has 0 amide bonds. The number of rotatable bonds is 7. The molecule has 0 aliphatic carbocycles. The van der Waals surface area contributed by atoms with E-state index in [0.717, 1.165) is 31.6 Å². The van der Waals surface area contributed by atoms with E-state index in [2.05, 4.69) is 68.6 Å². The Morgan fingerprint density at radius 3 is 2.43 bits per heavy atom. The maximum absolute atomic E-state index is 4.58. The molecule has 0 aliphatic rings. The van der Waals surface area contributed by atoms with Crippen LogP contribution in [-0.4, -0.2) is 16.3 Å². The third-order valence-corrected chi connectivity index (χ3v) is 3.88. The second kappa shape index (κ2) is 7.41. The first-order chi connectivity index (χ1) is 10.2. The Hall–Kier alpha value is -1.61. The Kier molecular flexibility index (Phi) is 5.57. The van der Waals surface area contributed by atoms with Gasteiger partial charge in [-0.3, -0.25) is 4.68 Å². The molecule has 3 heteroatoms. The van der Waals surface area contributed by atoms with Gasteiger partial charge in [0.05, 0.1) is 5.69 Å². The minimum atomic E-state index is 0.452. The molecule has 0 bridgehead atoms. The maximum Gasteiger partial charge on any atom is 0.0672 e.